The van der Waals surface area contributed by atoms with E-state index in [0.29, 0.717) is 13.0 Å². The van der Waals surface area contributed by atoms with E-state index < -0.39 is 6.09 Å². The number of rotatable bonds is 2. The van der Waals surface area contributed by atoms with E-state index in [4.69, 9.17) is 0 Å². The van der Waals surface area contributed by atoms with Crippen molar-refractivity contribution >= 4 is 12.0 Å². The van der Waals surface area contributed by atoms with Crippen molar-refractivity contribution in [2.24, 2.45) is 0 Å². The van der Waals surface area contributed by atoms with Gasteiger partial charge >= 0.3 is 6.09 Å². The molecule has 0 aromatic carbocycles. The van der Waals surface area contributed by atoms with Crippen molar-refractivity contribution in [1.29, 1.82) is 0 Å². The topological polar surface area (TPSA) is 58.6 Å². The average molecular weight is 200 g/mol. The number of nitrogens with zero attached hydrogens (tertiary/aromatic N) is 1. The zero-order chi connectivity index (χ0) is 10.7. The van der Waals surface area contributed by atoms with Gasteiger partial charge in [-0.15, -0.1) is 0 Å². The quantitative estimate of drug-likeness (QED) is 0.699. The summed E-state index contributed by atoms with van der Waals surface area (Å²) in [6, 6.07) is 0.0734. The third kappa shape index (κ3) is 2.37. The zero-order valence-corrected chi connectivity index (χ0v) is 8.74. The minimum Gasteiger partial charge on any atom is -0.453 e. The Labute approximate surface area is 83.4 Å². The monoisotopic (exact) mass is 200 g/mol. The molecule has 1 N–H and O–H groups in total. The van der Waals surface area contributed by atoms with Gasteiger partial charge in [-0.2, -0.15) is 0 Å². The number of amides is 2. The van der Waals surface area contributed by atoms with Gasteiger partial charge in [0.25, 0.3) is 0 Å². The van der Waals surface area contributed by atoms with Crippen LogP contribution in [-0.2, 0) is 9.53 Å². The van der Waals surface area contributed by atoms with Crippen LogP contribution in [0.5, 0.6) is 0 Å². The molecule has 14 heavy (non-hydrogen) atoms. The van der Waals surface area contributed by atoms with Crippen molar-refractivity contribution in [2.75, 3.05) is 13.7 Å². The third-order valence-corrected chi connectivity index (χ3v) is 2.29. The molecule has 5 heteroatoms. The van der Waals surface area contributed by atoms with Crippen molar-refractivity contribution in [3.8, 4) is 0 Å². The van der Waals surface area contributed by atoms with Crippen molar-refractivity contribution in [3.05, 3.63) is 0 Å². The Kier molecular flexibility index (Phi) is 3.33. The highest BCUT2D eigenvalue weighted by Gasteiger charge is 2.31. The summed E-state index contributed by atoms with van der Waals surface area (Å²) in [6.07, 6.45) is -0.110. The second kappa shape index (κ2) is 4.30. The van der Waals surface area contributed by atoms with Gasteiger partial charge in [-0.25, -0.2) is 4.79 Å². The normalized spacial score (nSPS) is 21.6. The molecule has 0 spiro atoms. The number of hydrogen-bond donors (Lipinski definition) is 1. The summed E-state index contributed by atoms with van der Waals surface area (Å²) >= 11 is 0. The van der Waals surface area contributed by atoms with Crippen molar-refractivity contribution in [1.82, 2.24) is 10.2 Å². The fraction of sp³-hybridized carbons (Fsp3) is 0.778. The Hall–Kier alpha value is -1.26. The lowest BCUT2D eigenvalue weighted by Gasteiger charge is -2.20. The maximum Gasteiger partial charge on any atom is 0.407 e. The van der Waals surface area contributed by atoms with E-state index in [0.717, 1.165) is 0 Å². The van der Waals surface area contributed by atoms with E-state index in [1.807, 2.05) is 13.8 Å². The molecule has 5 nitrogen and oxygen atoms in total. The molecule has 2 amide bonds. The lowest BCUT2D eigenvalue weighted by molar-refractivity contribution is -0.129. The third-order valence-electron chi connectivity index (χ3n) is 2.29. The second-order valence-electron chi connectivity index (χ2n) is 3.68. The minimum absolute atomic E-state index is 0.0846. The number of ether oxygens (including phenoxy) is 1. The van der Waals surface area contributed by atoms with Crippen LogP contribution in [0, 0.1) is 0 Å². The standard InChI is InChI=1S/C9H16N2O3/c1-6(2)11-5-7(4-8(11)12)10-9(13)14-3/h6-7H,4-5H2,1-3H3,(H,10,13). The Morgan fingerprint density at radius 1 is 1.64 bits per heavy atom. The highest BCUT2D eigenvalue weighted by Crippen LogP contribution is 2.14. The zero-order valence-electron chi connectivity index (χ0n) is 8.74. The fourth-order valence-electron chi connectivity index (χ4n) is 1.55. The number of hydrogen-bond acceptors (Lipinski definition) is 3. The van der Waals surface area contributed by atoms with Gasteiger partial charge in [-0.1, -0.05) is 0 Å². The van der Waals surface area contributed by atoms with Crippen LogP contribution in [0.2, 0.25) is 0 Å². The summed E-state index contributed by atoms with van der Waals surface area (Å²) in [5, 5.41) is 2.62. The van der Waals surface area contributed by atoms with Gasteiger partial charge < -0.3 is 15.0 Å². The number of carbonyl (C=O) groups excluding carboxylic acids is 2. The van der Waals surface area contributed by atoms with Crippen molar-refractivity contribution < 1.29 is 14.3 Å². The van der Waals surface area contributed by atoms with E-state index in [2.05, 4.69) is 10.1 Å². The number of carbonyl (C=O) groups is 2. The van der Waals surface area contributed by atoms with Gasteiger partial charge in [0.05, 0.1) is 13.2 Å². The fourth-order valence-corrected chi connectivity index (χ4v) is 1.55. The van der Waals surface area contributed by atoms with E-state index in [1.165, 1.54) is 7.11 Å². The van der Waals surface area contributed by atoms with Gasteiger partial charge in [0, 0.05) is 19.0 Å². The summed E-state index contributed by atoms with van der Waals surface area (Å²) in [5.41, 5.74) is 0. The Balaban J connectivity index is 2.46. The molecule has 1 atom stereocenters. The van der Waals surface area contributed by atoms with Crippen LogP contribution in [0.15, 0.2) is 0 Å². The minimum atomic E-state index is -0.478. The van der Waals surface area contributed by atoms with E-state index >= 15 is 0 Å². The first-order valence-corrected chi connectivity index (χ1v) is 4.68. The number of alkyl carbamates (subject to hydrolysis) is 1. The largest absolute Gasteiger partial charge is 0.453 e. The molecule has 1 unspecified atom stereocenters. The predicted octanol–water partition coefficient (Wildman–Crippen LogP) is 0.352. The van der Waals surface area contributed by atoms with Crippen LogP contribution >= 0.6 is 0 Å². The number of methoxy groups -OCH3 is 1. The van der Waals surface area contributed by atoms with Crippen LogP contribution in [0.3, 0.4) is 0 Å². The smallest absolute Gasteiger partial charge is 0.407 e. The average Bonchev–Trinajstić information content (AvgIpc) is 2.46. The number of likely N-dealkylation sites (tertiary alicyclic amines) is 1. The molecule has 80 valence electrons. The van der Waals surface area contributed by atoms with Gasteiger partial charge in [0.1, 0.15) is 0 Å². The first-order chi connectivity index (χ1) is 6.54. The van der Waals surface area contributed by atoms with E-state index in [-0.39, 0.29) is 18.0 Å². The van der Waals surface area contributed by atoms with Gasteiger partial charge in [0.2, 0.25) is 5.91 Å². The molecule has 0 bridgehead atoms. The summed E-state index contributed by atoms with van der Waals surface area (Å²) in [7, 11) is 1.31. The molecule has 1 fully saturated rings. The van der Waals surface area contributed by atoms with E-state index in [9.17, 15) is 9.59 Å². The van der Waals surface area contributed by atoms with Crippen LogP contribution < -0.4 is 5.32 Å². The lowest BCUT2D eigenvalue weighted by Crippen LogP contribution is -2.38. The summed E-state index contributed by atoms with van der Waals surface area (Å²) in [6.45, 7) is 4.49. The Morgan fingerprint density at radius 3 is 2.71 bits per heavy atom. The number of nitrogens with one attached hydrogen (secondary N) is 1. The Morgan fingerprint density at radius 2 is 2.29 bits per heavy atom. The molecular formula is C9H16N2O3. The molecule has 0 aromatic rings. The lowest BCUT2D eigenvalue weighted by atomic mass is 10.3. The SMILES string of the molecule is COC(=O)NC1CC(=O)N(C(C)C)C1. The predicted molar refractivity (Wildman–Crippen MR) is 50.8 cm³/mol. The van der Waals surface area contributed by atoms with Crippen molar-refractivity contribution in [3.63, 3.8) is 0 Å². The summed E-state index contributed by atoms with van der Waals surface area (Å²) in [4.78, 5) is 24.1. The van der Waals surface area contributed by atoms with Gasteiger partial charge in [0.15, 0.2) is 0 Å². The van der Waals surface area contributed by atoms with Crippen LogP contribution in [0.25, 0.3) is 0 Å². The molecular weight excluding hydrogens is 184 g/mol. The van der Waals surface area contributed by atoms with E-state index in [1.54, 1.807) is 4.90 Å². The van der Waals surface area contributed by atoms with Gasteiger partial charge in [-0.05, 0) is 13.8 Å². The maximum atomic E-state index is 11.4. The Bertz CT molecular complexity index is 240. The summed E-state index contributed by atoms with van der Waals surface area (Å²) in [5.74, 6) is 0.0846. The molecule has 1 saturated heterocycles. The molecule has 0 aromatic heterocycles. The first-order valence-electron chi connectivity index (χ1n) is 4.68. The highest BCUT2D eigenvalue weighted by atomic mass is 16.5. The molecule has 1 rings (SSSR count). The molecule has 1 heterocycles. The maximum absolute atomic E-state index is 11.4. The van der Waals surface area contributed by atoms with Crippen LogP contribution in [0.1, 0.15) is 20.3 Å². The second-order valence-corrected chi connectivity index (χ2v) is 3.68. The molecule has 0 saturated carbocycles. The molecule has 1 aliphatic rings. The van der Waals surface area contributed by atoms with Crippen LogP contribution in [0.4, 0.5) is 4.79 Å². The molecule has 0 aliphatic carbocycles. The van der Waals surface area contributed by atoms with Gasteiger partial charge in [-0.3, -0.25) is 4.79 Å². The molecule has 0 radical (unpaired) electrons. The molecule has 1 aliphatic heterocycles. The van der Waals surface area contributed by atoms with Crippen LogP contribution in [-0.4, -0.2) is 42.6 Å². The highest BCUT2D eigenvalue weighted by molar-refractivity contribution is 5.80. The summed E-state index contributed by atoms with van der Waals surface area (Å²) < 4.78 is 4.46. The van der Waals surface area contributed by atoms with Crippen molar-refractivity contribution in [2.45, 2.75) is 32.4 Å². The first kappa shape index (κ1) is 10.8.